The summed E-state index contributed by atoms with van der Waals surface area (Å²) in [4.78, 5) is 13.7. The minimum absolute atomic E-state index is 0.0461. The van der Waals surface area contributed by atoms with E-state index in [1.54, 1.807) is 0 Å². The van der Waals surface area contributed by atoms with Gasteiger partial charge < -0.3 is 4.74 Å². The zero-order valence-electron chi connectivity index (χ0n) is 16.4. The van der Waals surface area contributed by atoms with Crippen molar-refractivity contribution in [2.75, 3.05) is 11.5 Å². The van der Waals surface area contributed by atoms with Gasteiger partial charge >= 0.3 is 5.97 Å². The monoisotopic (exact) mass is 380 g/mol. The fourth-order valence-electron chi connectivity index (χ4n) is 7.77. The van der Waals surface area contributed by atoms with Crippen LogP contribution >= 0.6 is 0 Å². The van der Waals surface area contributed by atoms with Crippen LogP contribution in [0.3, 0.4) is 0 Å². The Balaban J connectivity index is 1.42. The maximum Gasteiger partial charge on any atom is 0.323 e. The van der Waals surface area contributed by atoms with E-state index in [9.17, 15) is 9.00 Å². The van der Waals surface area contributed by atoms with Gasteiger partial charge in [0, 0.05) is 11.5 Å². The van der Waals surface area contributed by atoms with E-state index in [4.69, 9.17) is 4.74 Å². The van der Waals surface area contributed by atoms with E-state index >= 15 is 0 Å². The topological polar surface area (TPSA) is 43.4 Å². The van der Waals surface area contributed by atoms with E-state index in [1.165, 1.54) is 38.5 Å². The van der Waals surface area contributed by atoms with Gasteiger partial charge in [-0.05, 0) is 88.4 Å². The second-order valence-electron chi connectivity index (χ2n) is 10.5. The summed E-state index contributed by atoms with van der Waals surface area (Å²) in [7, 11) is -2.45. The van der Waals surface area contributed by atoms with Crippen LogP contribution in [0.1, 0.15) is 84.0 Å². The van der Waals surface area contributed by atoms with Gasteiger partial charge in [-0.15, -0.1) is 0 Å². The van der Waals surface area contributed by atoms with Gasteiger partial charge in [0.15, 0.2) is 0 Å². The molecule has 6 aliphatic rings. The summed E-state index contributed by atoms with van der Waals surface area (Å²) in [5.74, 6) is 4.38. The van der Waals surface area contributed by atoms with Crippen LogP contribution in [-0.2, 0) is 19.5 Å². The number of hydrogen-bond acceptors (Lipinski definition) is 3. The SMILES string of the molecule is CC1(OC(=O)C2([SH]3(=O)CCCCC3)CCCC2)C2CC3CC(C2)CC1C3. The van der Waals surface area contributed by atoms with Crippen LogP contribution in [0.2, 0.25) is 0 Å². The minimum atomic E-state index is -2.45. The lowest BCUT2D eigenvalue weighted by Crippen LogP contribution is -2.61. The fourth-order valence-corrected chi connectivity index (χ4v) is 11.8. The summed E-state index contributed by atoms with van der Waals surface area (Å²) in [6.45, 7) is 2.23. The number of thiol groups is 1. The average molecular weight is 381 g/mol. The van der Waals surface area contributed by atoms with Crippen molar-refractivity contribution in [1.82, 2.24) is 0 Å². The number of hydrogen-bond donors (Lipinski definition) is 1. The first-order valence-corrected chi connectivity index (χ1v) is 13.3. The molecule has 3 nitrogen and oxygen atoms in total. The highest BCUT2D eigenvalue weighted by atomic mass is 32.2. The Bertz CT molecular complexity index is 595. The van der Waals surface area contributed by atoms with E-state index < -0.39 is 14.7 Å². The molecule has 5 saturated carbocycles. The van der Waals surface area contributed by atoms with E-state index in [0.29, 0.717) is 11.8 Å². The van der Waals surface area contributed by atoms with Crippen LogP contribution in [-0.4, -0.2) is 32.0 Å². The van der Waals surface area contributed by atoms with Crippen LogP contribution in [0.4, 0.5) is 0 Å². The Morgan fingerprint density at radius 2 is 1.38 bits per heavy atom. The molecule has 0 amide bonds. The van der Waals surface area contributed by atoms with Gasteiger partial charge in [0.25, 0.3) is 0 Å². The maximum absolute atomic E-state index is 13.9. The highest BCUT2D eigenvalue weighted by molar-refractivity contribution is 8.05. The van der Waals surface area contributed by atoms with Gasteiger partial charge in [-0.3, -0.25) is 9.00 Å². The Morgan fingerprint density at radius 1 is 0.846 bits per heavy atom. The van der Waals surface area contributed by atoms with E-state index in [0.717, 1.165) is 61.9 Å². The summed E-state index contributed by atoms with van der Waals surface area (Å²) >= 11 is 0. The third-order valence-electron chi connectivity index (χ3n) is 9.20. The molecule has 1 heterocycles. The second kappa shape index (κ2) is 6.06. The van der Waals surface area contributed by atoms with Gasteiger partial charge in [0.2, 0.25) is 0 Å². The lowest BCUT2D eigenvalue weighted by Gasteiger charge is -2.59. The van der Waals surface area contributed by atoms with Gasteiger partial charge in [0.1, 0.15) is 10.3 Å². The number of rotatable bonds is 3. The maximum atomic E-state index is 13.9. The Labute approximate surface area is 159 Å². The summed E-state index contributed by atoms with van der Waals surface area (Å²) in [5, 5.41) is 0. The van der Waals surface area contributed by atoms with E-state index in [-0.39, 0.29) is 11.6 Å². The standard InChI is InChI=1S/C22H36O3S/c1-21(18-12-16-11-17(14-18)15-19(21)13-16)25-20(23)22(7-3-4-8-22)26(24)9-5-2-6-10-26/h16-19,26H,2-15H2,1H3. The number of esters is 1. The molecule has 0 aromatic carbocycles. The Hall–Kier alpha value is -0.380. The molecule has 6 rings (SSSR count). The highest BCUT2D eigenvalue weighted by Crippen LogP contribution is 2.60. The third kappa shape index (κ3) is 2.42. The number of ether oxygens (including phenoxy) is 1. The van der Waals surface area contributed by atoms with Gasteiger partial charge in [-0.2, -0.15) is 0 Å². The molecular weight excluding hydrogens is 344 g/mol. The molecule has 1 aliphatic heterocycles. The summed E-state index contributed by atoms with van der Waals surface area (Å²) in [6, 6.07) is 0. The van der Waals surface area contributed by atoms with Crippen molar-refractivity contribution >= 4 is 15.9 Å². The summed E-state index contributed by atoms with van der Waals surface area (Å²) in [6.07, 6.45) is 13.4. The summed E-state index contributed by atoms with van der Waals surface area (Å²) in [5.41, 5.74) is -0.283. The molecule has 26 heavy (non-hydrogen) atoms. The zero-order valence-corrected chi connectivity index (χ0v) is 17.3. The largest absolute Gasteiger partial charge is 0.458 e. The first kappa shape index (κ1) is 17.7. The Kier molecular flexibility index (Phi) is 4.12. The van der Waals surface area contributed by atoms with E-state index in [1.807, 2.05) is 0 Å². The predicted molar refractivity (Wildman–Crippen MR) is 106 cm³/mol. The van der Waals surface area contributed by atoms with Crippen molar-refractivity contribution in [2.45, 2.75) is 94.3 Å². The smallest absolute Gasteiger partial charge is 0.323 e. The molecule has 148 valence electrons. The molecule has 0 atom stereocenters. The molecule has 0 aromatic rings. The van der Waals surface area contributed by atoms with Crippen LogP contribution in [0.5, 0.6) is 0 Å². The zero-order chi connectivity index (χ0) is 18.0. The van der Waals surface area contributed by atoms with Crippen molar-refractivity contribution in [2.24, 2.45) is 23.7 Å². The van der Waals surface area contributed by atoms with Crippen LogP contribution in [0, 0.1) is 23.7 Å². The molecule has 6 fully saturated rings. The summed E-state index contributed by atoms with van der Waals surface area (Å²) < 4.78 is 19.8. The molecule has 0 radical (unpaired) electrons. The van der Waals surface area contributed by atoms with Crippen molar-refractivity contribution < 1.29 is 13.7 Å². The number of carbonyl (C=O) groups excluding carboxylic acids is 1. The first-order valence-electron chi connectivity index (χ1n) is 11.3. The molecule has 0 N–H and O–H groups in total. The lowest BCUT2D eigenvalue weighted by atomic mass is 9.50. The average Bonchev–Trinajstić information content (AvgIpc) is 3.12. The molecule has 4 heteroatoms. The predicted octanol–water partition coefficient (Wildman–Crippen LogP) is 4.26. The van der Waals surface area contributed by atoms with Crippen LogP contribution in [0.15, 0.2) is 0 Å². The lowest BCUT2D eigenvalue weighted by molar-refractivity contribution is -0.205. The minimum Gasteiger partial charge on any atom is -0.458 e. The fraction of sp³-hybridized carbons (Fsp3) is 0.955. The molecular formula is C22H36O3S. The Morgan fingerprint density at radius 3 is 1.92 bits per heavy atom. The van der Waals surface area contributed by atoms with Crippen molar-refractivity contribution in [3.8, 4) is 0 Å². The highest BCUT2D eigenvalue weighted by Gasteiger charge is 2.60. The number of carbonyl (C=O) groups is 1. The van der Waals surface area contributed by atoms with Crippen molar-refractivity contribution in [1.29, 1.82) is 0 Å². The normalized spacial score (nSPS) is 46.8. The molecule has 0 aromatic heterocycles. The van der Waals surface area contributed by atoms with Crippen LogP contribution in [0.25, 0.3) is 0 Å². The first-order chi connectivity index (χ1) is 12.5. The second-order valence-corrected chi connectivity index (χ2v) is 14.0. The van der Waals surface area contributed by atoms with Gasteiger partial charge in [0.05, 0.1) is 0 Å². The van der Waals surface area contributed by atoms with E-state index in [2.05, 4.69) is 6.92 Å². The molecule has 0 spiro atoms. The van der Waals surface area contributed by atoms with Gasteiger partial charge in [-0.25, -0.2) is 0 Å². The van der Waals surface area contributed by atoms with Gasteiger partial charge in [-0.1, -0.05) is 29.2 Å². The third-order valence-corrected chi connectivity index (χ3v) is 13.5. The molecule has 4 bridgehead atoms. The molecule has 1 saturated heterocycles. The molecule has 0 unspecified atom stereocenters. The van der Waals surface area contributed by atoms with Crippen LogP contribution < -0.4 is 0 Å². The van der Waals surface area contributed by atoms with Crippen molar-refractivity contribution in [3.05, 3.63) is 0 Å². The quantitative estimate of drug-likeness (QED) is 0.588. The van der Waals surface area contributed by atoms with Crippen molar-refractivity contribution in [3.63, 3.8) is 0 Å². The molecule has 5 aliphatic carbocycles.